The molecule has 1 fully saturated rings. The summed E-state index contributed by atoms with van der Waals surface area (Å²) in [7, 11) is 0. The van der Waals surface area contributed by atoms with Crippen LogP contribution in [0.3, 0.4) is 0 Å². The molecule has 34 heavy (non-hydrogen) atoms. The molecule has 3 atom stereocenters. The number of rotatable bonds is 6. The van der Waals surface area contributed by atoms with E-state index in [2.05, 4.69) is 16.2 Å². The van der Waals surface area contributed by atoms with E-state index in [0.29, 0.717) is 35.0 Å². The van der Waals surface area contributed by atoms with Gasteiger partial charge in [0.05, 0.1) is 30.4 Å². The first-order chi connectivity index (χ1) is 16.4. The third kappa shape index (κ3) is 3.62. The van der Waals surface area contributed by atoms with Gasteiger partial charge in [-0.3, -0.25) is 4.79 Å². The van der Waals surface area contributed by atoms with Crippen LogP contribution in [0.2, 0.25) is 0 Å². The van der Waals surface area contributed by atoms with Crippen LogP contribution in [-0.2, 0) is 11.2 Å². The van der Waals surface area contributed by atoms with Crippen molar-refractivity contribution >= 4 is 5.91 Å². The molecule has 2 heterocycles. The lowest BCUT2D eigenvalue weighted by molar-refractivity contribution is -0.131. The molecule has 1 saturated heterocycles. The van der Waals surface area contributed by atoms with Crippen LogP contribution in [0.25, 0.3) is 22.8 Å². The maximum atomic E-state index is 12.6. The van der Waals surface area contributed by atoms with Gasteiger partial charge in [0.1, 0.15) is 11.8 Å². The Balaban J connectivity index is 1.48. The summed E-state index contributed by atoms with van der Waals surface area (Å²) < 4.78 is 11.3. The molecular weight excluding hydrogens is 432 g/mol. The number of amides is 1. The number of fused-ring (bicyclic) bond motifs is 3. The lowest BCUT2D eigenvalue weighted by Crippen LogP contribution is -2.38. The molecule has 0 radical (unpaired) electrons. The molecule has 2 aliphatic rings. The predicted molar refractivity (Wildman–Crippen MR) is 124 cm³/mol. The van der Waals surface area contributed by atoms with E-state index in [4.69, 9.17) is 9.26 Å². The number of carbonyl (C=O) groups is 1. The van der Waals surface area contributed by atoms with Gasteiger partial charge in [0.15, 0.2) is 0 Å². The number of carbonyl (C=O) groups excluding carboxylic acids is 1. The normalized spacial score (nSPS) is 19.8. The highest BCUT2D eigenvalue weighted by molar-refractivity contribution is 5.81. The number of hydrogen-bond acceptors (Lipinski definition) is 7. The van der Waals surface area contributed by atoms with Gasteiger partial charge in [-0.05, 0) is 62.4 Å². The molecule has 0 unspecified atom stereocenters. The van der Waals surface area contributed by atoms with Gasteiger partial charge < -0.3 is 19.3 Å². The summed E-state index contributed by atoms with van der Waals surface area (Å²) in [4.78, 5) is 19.0. The Morgan fingerprint density at radius 2 is 2.09 bits per heavy atom. The highest BCUT2D eigenvalue weighted by atomic mass is 16.5. The van der Waals surface area contributed by atoms with Gasteiger partial charge >= 0.3 is 0 Å². The minimum atomic E-state index is -0.231. The number of hydrogen-bond donors (Lipinski definition) is 1. The number of nitrogens with zero attached hydrogens (tertiary/aromatic N) is 4. The van der Waals surface area contributed by atoms with Gasteiger partial charge in [0.2, 0.25) is 11.7 Å². The van der Waals surface area contributed by atoms with E-state index < -0.39 is 0 Å². The first-order valence-electron chi connectivity index (χ1n) is 11.5. The Morgan fingerprint density at radius 3 is 2.82 bits per heavy atom. The standard InChI is InChI=1S/C26H26N4O4/c1-14(2)33-22-8-7-16(9-18(22)12-27)26-28-25(29-34-26)20-6-4-5-19-21(20)10-17-11-23(32)30(24(17)19)15(3)13-31/h4-9,14-15,17,24,31H,10-11,13H2,1-3H3/t15-,17+,24-/m1/s1. The van der Waals surface area contributed by atoms with E-state index >= 15 is 0 Å². The Labute approximate surface area is 197 Å². The van der Waals surface area contributed by atoms with Crippen LogP contribution in [0.1, 0.15) is 49.9 Å². The zero-order valence-electron chi connectivity index (χ0n) is 19.4. The fraction of sp³-hybridized carbons (Fsp3) is 0.385. The molecule has 1 N–H and O–H groups in total. The molecule has 1 amide bonds. The SMILES string of the molecule is CC(C)Oc1ccc(-c2nc(-c3cccc4c3C[C@H]3CC(=O)N([C@H](C)CO)[C@@H]43)no2)cc1C#N. The molecule has 3 aromatic rings. The van der Waals surface area contributed by atoms with Crippen LogP contribution >= 0.6 is 0 Å². The number of ether oxygens (including phenoxy) is 1. The monoisotopic (exact) mass is 458 g/mol. The minimum Gasteiger partial charge on any atom is -0.490 e. The van der Waals surface area contributed by atoms with Crippen molar-refractivity contribution in [2.75, 3.05) is 6.61 Å². The molecule has 2 aromatic carbocycles. The van der Waals surface area contributed by atoms with Gasteiger partial charge in [-0.2, -0.15) is 10.2 Å². The van der Waals surface area contributed by atoms with Gasteiger partial charge in [-0.25, -0.2) is 0 Å². The van der Waals surface area contributed by atoms with Crippen molar-refractivity contribution in [3.63, 3.8) is 0 Å². The molecule has 0 bridgehead atoms. The van der Waals surface area contributed by atoms with Crippen LogP contribution < -0.4 is 4.74 Å². The summed E-state index contributed by atoms with van der Waals surface area (Å²) in [6.07, 6.45) is 1.18. The minimum absolute atomic E-state index is 0.0392. The second-order valence-electron chi connectivity index (χ2n) is 9.23. The van der Waals surface area contributed by atoms with Crippen LogP contribution in [0.15, 0.2) is 40.9 Å². The van der Waals surface area contributed by atoms with Crippen molar-refractivity contribution in [2.24, 2.45) is 5.92 Å². The summed E-state index contributed by atoms with van der Waals surface area (Å²) in [6, 6.07) is 13.1. The third-order valence-electron chi connectivity index (χ3n) is 6.58. The smallest absolute Gasteiger partial charge is 0.258 e. The molecule has 0 saturated carbocycles. The summed E-state index contributed by atoms with van der Waals surface area (Å²) in [6.45, 7) is 5.63. The van der Waals surface area contributed by atoms with Gasteiger partial charge in [0, 0.05) is 17.5 Å². The van der Waals surface area contributed by atoms with Gasteiger partial charge in [-0.1, -0.05) is 23.4 Å². The molecule has 5 rings (SSSR count). The van der Waals surface area contributed by atoms with E-state index in [1.807, 2.05) is 43.9 Å². The van der Waals surface area contributed by atoms with Crippen molar-refractivity contribution < 1.29 is 19.2 Å². The first kappa shape index (κ1) is 22.1. The Morgan fingerprint density at radius 1 is 1.26 bits per heavy atom. The summed E-state index contributed by atoms with van der Waals surface area (Å²) >= 11 is 0. The van der Waals surface area contributed by atoms with Crippen molar-refractivity contribution in [1.29, 1.82) is 5.26 Å². The van der Waals surface area contributed by atoms with E-state index in [1.54, 1.807) is 18.2 Å². The van der Waals surface area contributed by atoms with E-state index in [9.17, 15) is 15.2 Å². The number of aromatic nitrogens is 2. The van der Waals surface area contributed by atoms with Crippen LogP contribution in [0.4, 0.5) is 0 Å². The molecule has 1 aliphatic carbocycles. The number of aliphatic hydroxyl groups excluding tert-OH is 1. The Hall–Kier alpha value is -3.70. The fourth-order valence-electron chi connectivity index (χ4n) is 5.16. The summed E-state index contributed by atoms with van der Waals surface area (Å²) in [5, 5.41) is 23.4. The summed E-state index contributed by atoms with van der Waals surface area (Å²) in [5.74, 6) is 1.58. The van der Waals surface area contributed by atoms with Crippen molar-refractivity contribution in [2.45, 2.75) is 51.8 Å². The topological polar surface area (TPSA) is 112 Å². The molecule has 0 spiro atoms. The van der Waals surface area contributed by atoms with Gasteiger partial charge in [-0.15, -0.1) is 0 Å². The second-order valence-corrected chi connectivity index (χ2v) is 9.23. The molecule has 1 aliphatic heterocycles. The van der Waals surface area contributed by atoms with Crippen LogP contribution in [0.5, 0.6) is 5.75 Å². The quantitative estimate of drug-likeness (QED) is 0.596. The van der Waals surface area contributed by atoms with Crippen LogP contribution in [-0.4, -0.2) is 44.8 Å². The third-order valence-corrected chi connectivity index (χ3v) is 6.58. The maximum absolute atomic E-state index is 12.6. The predicted octanol–water partition coefficient (Wildman–Crippen LogP) is 3.89. The lowest BCUT2D eigenvalue weighted by atomic mass is 10.0. The first-order valence-corrected chi connectivity index (χ1v) is 11.5. The van der Waals surface area contributed by atoms with E-state index in [1.165, 1.54) is 0 Å². The number of aliphatic hydroxyl groups is 1. The molecule has 1 aromatic heterocycles. The molecule has 8 nitrogen and oxygen atoms in total. The zero-order chi connectivity index (χ0) is 24.0. The van der Waals surface area contributed by atoms with E-state index in [-0.39, 0.29) is 36.6 Å². The molecule has 8 heteroatoms. The fourth-order valence-corrected chi connectivity index (χ4v) is 5.16. The van der Waals surface area contributed by atoms with Crippen molar-refractivity contribution in [3.8, 4) is 34.7 Å². The number of nitriles is 1. The highest BCUT2D eigenvalue weighted by Gasteiger charge is 2.47. The summed E-state index contributed by atoms with van der Waals surface area (Å²) in [5.41, 5.74) is 4.13. The lowest BCUT2D eigenvalue weighted by Gasteiger charge is -2.30. The van der Waals surface area contributed by atoms with Crippen LogP contribution in [0, 0.1) is 17.2 Å². The number of benzene rings is 2. The molecular formula is C26H26N4O4. The Bertz CT molecular complexity index is 1290. The average Bonchev–Trinajstić information content (AvgIpc) is 3.52. The number of likely N-dealkylation sites (tertiary alicyclic amines) is 1. The Kier molecular flexibility index (Phi) is 5.58. The maximum Gasteiger partial charge on any atom is 0.258 e. The van der Waals surface area contributed by atoms with Gasteiger partial charge in [0.25, 0.3) is 5.89 Å². The average molecular weight is 459 g/mol. The van der Waals surface area contributed by atoms with E-state index in [0.717, 1.165) is 23.1 Å². The molecule has 174 valence electrons. The zero-order valence-corrected chi connectivity index (χ0v) is 19.4. The highest BCUT2D eigenvalue weighted by Crippen LogP contribution is 2.50. The van der Waals surface area contributed by atoms with Crippen molar-refractivity contribution in [1.82, 2.24) is 15.0 Å². The van der Waals surface area contributed by atoms with Crippen molar-refractivity contribution in [3.05, 3.63) is 53.1 Å². The second kappa shape index (κ2) is 8.58. The largest absolute Gasteiger partial charge is 0.490 e.